The van der Waals surface area contributed by atoms with Gasteiger partial charge in [0.05, 0.1) is 24.5 Å². The van der Waals surface area contributed by atoms with Crippen LogP contribution in [-0.4, -0.2) is 59.1 Å². The van der Waals surface area contributed by atoms with E-state index in [-0.39, 0.29) is 24.1 Å². The molecule has 1 atom stereocenters. The van der Waals surface area contributed by atoms with Gasteiger partial charge in [-0.25, -0.2) is 9.37 Å². The van der Waals surface area contributed by atoms with Crippen molar-refractivity contribution in [2.24, 2.45) is 4.99 Å². The molecule has 0 spiro atoms. The Morgan fingerprint density at radius 1 is 0.946 bits per heavy atom. The Morgan fingerprint density at radius 3 is 2.59 bits per heavy atom. The van der Waals surface area contributed by atoms with Gasteiger partial charge in [0.1, 0.15) is 11.6 Å². The molecule has 1 fully saturated rings. The zero-order chi connectivity index (χ0) is 25.2. The van der Waals surface area contributed by atoms with Crippen molar-refractivity contribution in [3.05, 3.63) is 89.4 Å². The number of nitrogens with zero attached hydrogens (tertiary/aromatic N) is 5. The van der Waals surface area contributed by atoms with E-state index in [9.17, 15) is 9.18 Å². The highest BCUT2D eigenvalue weighted by Crippen LogP contribution is 2.30. The van der Waals surface area contributed by atoms with Crippen LogP contribution in [0, 0.1) is 5.82 Å². The summed E-state index contributed by atoms with van der Waals surface area (Å²) in [5, 5.41) is 11.3. The third-order valence-electron chi connectivity index (χ3n) is 6.35. The highest BCUT2D eigenvalue weighted by molar-refractivity contribution is 6.16. The van der Waals surface area contributed by atoms with E-state index in [4.69, 9.17) is 14.1 Å². The highest BCUT2D eigenvalue weighted by atomic mass is 19.1. The summed E-state index contributed by atoms with van der Waals surface area (Å²) in [6, 6.07) is 17.8. The molecule has 0 radical (unpaired) electrons. The predicted octanol–water partition coefficient (Wildman–Crippen LogP) is 3.51. The van der Waals surface area contributed by atoms with Gasteiger partial charge in [-0.1, -0.05) is 47.6 Å². The Morgan fingerprint density at radius 2 is 1.76 bits per heavy atom. The summed E-state index contributed by atoms with van der Waals surface area (Å²) in [6.45, 7) is 2.63. The molecule has 1 N–H and O–H groups in total. The lowest BCUT2D eigenvalue weighted by Crippen LogP contribution is -2.37. The second kappa shape index (κ2) is 9.90. The average molecular weight is 499 g/mol. The van der Waals surface area contributed by atoms with E-state index < -0.39 is 12.0 Å². The Kier molecular flexibility index (Phi) is 6.15. The van der Waals surface area contributed by atoms with Gasteiger partial charge in [0.15, 0.2) is 11.9 Å². The summed E-state index contributed by atoms with van der Waals surface area (Å²) < 4.78 is 26.1. The first-order valence-electron chi connectivity index (χ1n) is 12.0. The molecular weight excluding hydrogens is 475 g/mol. The van der Waals surface area contributed by atoms with E-state index in [0.717, 1.165) is 11.4 Å². The highest BCUT2D eigenvalue weighted by Gasteiger charge is 2.29. The number of halogens is 1. The van der Waals surface area contributed by atoms with Crippen molar-refractivity contribution in [2.75, 3.05) is 36.5 Å². The summed E-state index contributed by atoms with van der Waals surface area (Å²) >= 11 is 0. The van der Waals surface area contributed by atoms with E-state index in [1.54, 1.807) is 24.4 Å². The van der Waals surface area contributed by atoms with Crippen molar-refractivity contribution in [3.63, 3.8) is 0 Å². The molecule has 0 aliphatic carbocycles. The van der Waals surface area contributed by atoms with Crippen molar-refractivity contribution in [1.29, 1.82) is 0 Å². The first-order chi connectivity index (χ1) is 18.2. The van der Waals surface area contributed by atoms with E-state index in [0.29, 0.717) is 48.7 Å². The summed E-state index contributed by atoms with van der Waals surface area (Å²) in [6.07, 6.45) is 0.553. The number of rotatable bonds is 5. The molecule has 0 unspecified atom stereocenters. The molecule has 2 aliphatic heterocycles. The molecule has 0 saturated carbocycles. The van der Waals surface area contributed by atoms with Crippen LogP contribution in [0.5, 0.6) is 0 Å². The van der Waals surface area contributed by atoms with Crippen LogP contribution < -0.4 is 10.2 Å². The van der Waals surface area contributed by atoms with Gasteiger partial charge in [0, 0.05) is 42.4 Å². The minimum Gasteiger partial charge on any atom is -0.403 e. The molecule has 2 aromatic heterocycles. The molecule has 0 bridgehead atoms. The molecule has 2 aromatic carbocycles. The second-order valence-electron chi connectivity index (χ2n) is 8.69. The van der Waals surface area contributed by atoms with Crippen LogP contribution in [0.15, 0.2) is 76.3 Å². The molecule has 4 aromatic rings. The number of hydrogen-bond donors (Lipinski definition) is 1. The van der Waals surface area contributed by atoms with E-state index in [2.05, 4.69) is 25.4 Å². The number of hydrogen-bond acceptors (Lipinski definition) is 9. The van der Waals surface area contributed by atoms with Gasteiger partial charge in [0.2, 0.25) is 0 Å². The van der Waals surface area contributed by atoms with E-state index in [1.807, 2.05) is 36.4 Å². The van der Waals surface area contributed by atoms with Crippen LogP contribution in [0.25, 0.3) is 11.5 Å². The van der Waals surface area contributed by atoms with Gasteiger partial charge in [-0.05, 0) is 18.2 Å². The average Bonchev–Trinajstić information content (AvgIpc) is 3.36. The third-order valence-corrected chi connectivity index (χ3v) is 6.35. The lowest BCUT2D eigenvalue weighted by molar-refractivity contribution is -0.119. The fraction of sp³-hybridized carbons (Fsp3) is 0.222. The topological polar surface area (TPSA) is 106 Å². The number of carbonyl (C=O) groups excluding carboxylic acids is 1. The largest absolute Gasteiger partial charge is 0.403 e. The summed E-state index contributed by atoms with van der Waals surface area (Å²) in [7, 11) is 0. The maximum absolute atomic E-state index is 14.8. The number of morpholine rings is 1. The normalized spacial score (nSPS) is 17.6. The number of Topliss-reactive ketones (excluding diaryl/α,β-unsaturated/α-hetero) is 1. The Balaban J connectivity index is 1.33. The van der Waals surface area contributed by atoms with Crippen LogP contribution >= 0.6 is 0 Å². The molecule has 37 heavy (non-hydrogen) atoms. The fourth-order valence-electron chi connectivity index (χ4n) is 4.54. The van der Waals surface area contributed by atoms with Gasteiger partial charge in [0.25, 0.3) is 5.89 Å². The number of aliphatic imine (C=N–C) groups is 1. The molecule has 1 saturated heterocycles. The first-order valence-corrected chi connectivity index (χ1v) is 12.0. The molecular formula is C27H23FN6O3. The minimum absolute atomic E-state index is 0.0349. The summed E-state index contributed by atoms with van der Waals surface area (Å²) in [5.74, 6) is 0.233. The first kappa shape index (κ1) is 23.0. The van der Waals surface area contributed by atoms with Crippen molar-refractivity contribution in [3.8, 4) is 11.5 Å². The number of fused-ring (bicyclic) bond motifs is 1. The monoisotopic (exact) mass is 498 g/mol. The van der Waals surface area contributed by atoms with Gasteiger partial charge in [-0.2, -0.15) is 0 Å². The maximum atomic E-state index is 14.8. The van der Waals surface area contributed by atoms with Crippen molar-refractivity contribution >= 4 is 23.3 Å². The van der Waals surface area contributed by atoms with Crippen molar-refractivity contribution < 1.29 is 18.3 Å². The number of carbonyl (C=O) groups is 1. The maximum Gasteiger partial charge on any atom is 0.317 e. The molecule has 0 amide bonds. The van der Waals surface area contributed by atoms with Gasteiger partial charge in [-0.15, -0.1) is 5.10 Å². The van der Waals surface area contributed by atoms with Gasteiger partial charge in [-0.3, -0.25) is 9.79 Å². The zero-order valence-corrected chi connectivity index (χ0v) is 19.8. The third kappa shape index (κ3) is 4.58. The molecule has 186 valence electrons. The van der Waals surface area contributed by atoms with Crippen LogP contribution in [0.1, 0.15) is 16.7 Å². The Hall–Kier alpha value is -4.44. The quantitative estimate of drug-likeness (QED) is 0.446. The van der Waals surface area contributed by atoms with Gasteiger partial charge < -0.3 is 19.4 Å². The number of anilines is 2. The standard InChI is InChI=1S/C27H23FN6O3/c28-21-10-4-8-18-20(21)16-22(35)24(30-23(18)17-6-2-1-3-7-17)31-27-33-32-26(37-27)19-9-5-11-29-25(19)34-12-14-36-15-13-34/h1-11,24H,12-16H2,(H,31,33)/t24-/m0/s1. The number of nitrogens with one attached hydrogen (secondary N) is 1. The number of ketones is 1. The van der Waals surface area contributed by atoms with E-state index in [1.165, 1.54) is 6.07 Å². The summed E-state index contributed by atoms with van der Waals surface area (Å²) in [4.78, 5) is 24.5. The molecule has 6 rings (SSSR count). The van der Waals surface area contributed by atoms with Crippen molar-refractivity contribution in [1.82, 2.24) is 15.2 Å². The number of benzene rings is 2. The van der Waals surface area contributed by atoms with Gasteiger partial charge >= 0.3 is 6.01 Å². The second-order valence-corrected chi connectivity index (χ2v) is 8.69. The SMILES string of the molecule is O=C1Cc2c(F)cccc2C(c2ccccc2)=N[C@H]1Nc1nnc(-c2cccnc2N2CCOCC2)o1. The predicted molar refractivity (Wildman–Crippen MR) is 135 cm³/mol. The smallest absolute Gasteiger partial charge is 0.317 e. The number of aromatic nitrogens is 3. The lowest BCUT2D eigenvalue weighted by Gasteiger charge is -2.28. The number of pyridine rings is 1. The Bertz CT molecular complexity index is 1470. The number of ether oxygens (including phenoxy) is 1. The zero-order valence-electron chi connectivity index (χ0n) is 19.8. The summed E-state index contributed by atoms with van der Waals surface area (Å²) in [5.41, 5.74) is 2.87. The Labute approximate surface area is 212 Å². The fourth-order valence-corrected chi connectivity index (χ4v) is 4.54. The van der Waals surface area contributed by atoms with Crippen molar-refractivity contribution in [2.45, 2.75) is 12.6 Å². The molecule has 4 heterocycles. The van der Waals surface area contributed by atoms with E-state index >= 15 is 0 Å². The van der Waals surface area contributed by atoms with Crippen LogP contribution in [0.2, 0.25) is 0 Å². The molecule has 9 nitrogen and oxygen atoms in total. The lowest BCUT2D eigenvalue weighted by atomic mass is 9.95. The molecule has 10 heteroatoms. The van der Waals surface area contributed by atoms with Crippen LogP contribution in [-0.2, 0) is 16.0 Å². The minimum atomic E-state index is -1.04. The molecule has 2 aliphatic rings. The van der Waals surface area contributed by atoms with Crippen LogP contribution in [0.4, 0.5) is 16.2 Å². The van der Waals surface area contributed by atoms with Crippen LogP contribution in [0.3, 0.4) is 0 Å².